The summed E-state index contributed by atoms with van der Waals surface area (Å²) in [6.45, 7) is 1.92. The van der Waals surface area contributed by atoms with E-state index < -0.39 is 11.6 Å². The van der Waals surface area contributed by atoms with Crippen LogP contribution in [-0.4, -0.2) is 32.6 Å². The van der Waals surface area contributed by atoms with Crippen molar-refractivity contribution in [3.63, 3.8) is 0 Å². The molecule has 6 rings (SSSR count). The smallest absolute Gasteiger partial charge is 0.227 e. The van der Waals surface area contributed by atoms with Crippen LogP contribution in [0, 0.1) is 17.5 Å². The van der Waals surface area contributed by atoms with Crippen LogP contribution >= 0.6 is 0 Å². The minimum Gasteiger partial charge on any atom is -0.482 e. The number of piperidine rings is 1. The van der Waals surface area contributed by atoms with Gasteiger partial charge in [0.25, 0.3) is 0 Å². The Morgan fingerprint density at radius 3 is 2.69 bits per heavy atom. The number of rotatable bonds is 4. The van der Waals surface area contributed by atoms with Crippen LogP contribution in [0.5, 0.6) is 5.75 Å². The van der Waals surface area contributed by atoms with Crippen LogP contribution in [-0.2, 0) is 6.61 Å². The van der Waals surface area contributed by atoms with E-state index in [1.54, 1.807) is 35.3 Å². The molecule has 0 aliphatic carbocycles. The van der Waals surface area contributed by atoms with E-state index in [0.717, 1.165) is 37.8 Å². The lowest BCUT2D eigenvalue weighted by Crippen LogP contribution is -2.27. The van der Waals surface area contributed by atoms with Crippen molar-refractivity contribution in [3.8, 4) is 22.7 Å². The van der Waals surface area contributed by atoms with Crippen molar-refractivity contribution in [2.24, 2.45) is 0 Å². The third-order valence-electron chi connectivity index (χ3n) is 6.42. The summed E-state index contributed by atoms with van der Waals surface area (Å²) in [5.41, 5.74) is 2.38. The van der Waals surface area contributed by atoms with Gasteiger partial charge in [0.1, 0.15) is 18.1 Å². The highest BCUT2D eigenvalue weighted by molar-refractivity contribution is 5.68. The predicted octanol–water partition coefficient (Wildman–Crippen LogP) is 4.85. The van der Waals surface area contributed by atoms with E-state index in [-0.39, 0.29) is 41.3 Å². The molecule has 2 aliphatic rings. The van der Waals surface area contributed by atoms with Crippen molar-refractivity contribution >= 4 is 11.6 Å². The fraction of sp³-hybridized carbons (Fsp3) is 0.240. The normalized spacial score (nSPS) is 15.3. The molecule has 7 nitrogen and oxygen atoms in total. The zero-order valence-corrected chi connectivity index (χ0v) is 18.6. The van der Waals surface area contributed by atoms with Crippen LogP contribution < -0.4 is 15.4 Å². The number of nitrogens with zero attached hydrogens (tertiary/aromatic N) is 4. The third-order valence-corrected chi connectivity index (χ3v) is 6.42. The highest BCUT2D eigenvalue weighted by atomic mass is 19.1. The van der Waals surface area contributed by atoms with Gasteiger partial charge in [-0.1, -0.05) is 6.07 Å². The van der Waals surface area contributed by atoms with Crippen molar-refractivity contribution < 1.29 is 17.9 Å². The van der Waals surface area contributed by atoms with Crippen LogP contribution in [0.1, 0.15) is 30.0 Å². The molecular weight excluding hydrogens is 457 g/mol. The van der Waals surface area contributed by atoms with Gasteiger partial charge in [0.2, 0.25) is 5.95 Å². The second kappa shape index (κ2) is 8.70. The first-order valence-corrected chi connectivity index (χ1v) is 11.3. The van der Waals surface area contributed by atoms with Gasteiger partial charge in [0, 0.05) is 11.3 Å². The maximum absolute atomic E-state index is 14.8. The highest BCUT2D eigenvalue weighted by Crippen LogP contribution is 2.37. The van der Waals surface area contributed by atoms with E-state index in [2.05, 4.69) is 25.6 Å². The van der Waals surface area contributed by atoms with Gasteiger partial charge in [0.15, 0.2) is 17.4 Å². The standard InChI is InChI=1S/C25H21F3N6O/c26-19-9-16(1-2-18(19)14-3-5-29-6-4-14)32-25-31-11-21(28)23(33-25)15-7-20(27)24-22(8-15)34-13-30-10-17(34)12-35-24/h1-2,7-11,13-14,29H,3-6,12H2,(H,31,32,33). The van der Waals surface area contributed by atoms with Gasteiger partial charge in [-0.05, 0) is 61.7 Å². The molecule has 0 amide bonds. The Labute approximate surface area is 199 Å². The summed E-state index contributed by atoms with van der Waals surface area (Å²) >= 11 is 0. The first-order chi connectivity index (χ1) is 17.1. The number of imidazole rings is 1. The molecular formula is C25H21F3N6O. The van der Waals surface area contributed by atoms with Crippen molar-refractivity contribution in [1.82, 2.24) is 24.8 Å². The molecule has 0 radical (unpaired) electrons. The number of halogens is 3. The minimum absolute atomic E-state index is 0.0631. The van der Waals surface area contributed by atoms with E-state index in [1.807, 2.05) is 0 Å². The monoisotopic (exact) mass is 478 g/mol. The van der Waals surface area contributed by atoms with Crippen molar-refractivity contribution in [3.05, 3.63) is 77.8 Å². The van der Waals surface area contributed by atoms with Gasteiger partial charge >= 0.3 is 0 Å². The Hall–Kier alpha value is -3.92. The molecule has 178 valence electrons. The van der Waals surface area contributed by atoms with Crippen LogP contribution in [0.15, 0.2) is 49.1 Å². The third kappa shape index (κ3) is 3.99. The summed E-state index contributed by atoms with van der Waals surface area (Å²) in [6.07, 6.45) is 5.94. The molecule has 1 saturated heterocycles. The van der Waals surface area contributed by atoms with Gasteiger partial charge in [-0.3, -0.25) is 4.57 Å². The first kappa shape index (κ1) is 21.6. The Kier molecular flexibility index (Phi) is 5.37. The van der Waals surface area contributed by atoms with E-state index >= 15 is 0 Å². The predicted molar refractivity (Wildman–Crippen MR) is 123 cm³/mol. The summed E-state index contributed by atoms with van der Waals surface area (Å²) in [5.74, 6) is -1.36. The molecule has 35 heavy (non-hydrogen) atoms. The van der Waals surface area contributed by atoms with E-state index in [0.29, 0.717) is 16.9 Å². The summed E-state index contributed by atoms with van der Waals surface area (Å²) in [6, 6.07) is 7.66. The minimum atomic E-state index is -0.718. The Morgan fingerprint density at radius 2 is 1.86 bits per heavy atom. The zero-order chi connectivity index (χ0) is 23.9. The second-order valence-corrected chi connectivity index (χ2v) is 8.63. The molecule has 4 heterocycles. The SMILES string of the molecule is Fc1cc(Nc2ncc(F)c(-c3cc(F)c4c(c3)-n3cncc3CO4)n2)ccc1C1CCNCC1. The number of fused-ring (bicyclic) bond motifs is 3. The second-order valence-electron chi connectivity index (χ2n) is 8.63. The Bertz CT molecular complexity index is 1420. The number of ether oxygens (including phenoxy) is 1. The lowest BCUT2D eigenvalue weighted by molar-refractivity contribution is 0.270. The van der Waals surface area contributed by atoms with Gasteiger partial charge in [-0.25, -0.2) is 28.1 Å². The molecule has 4 aromatic rings. The number of aromatic nitrogens is 4. The number of anilines is 2. The average molecular weight is 478 g/mol. The Balaban J connectivity index is 1.31. The number of nitrogens with one attached hydrogen (secondary N) is 2. The topological polar surface area (TPSA) is 76.9 Å². The molecule has 1 fully saturated rings. The quantitative estimate of drug-likeness (QED) is 0.437. The average Bonchev–Trinajstić information content (AvgIpc) is 3.35. The van der Waals surface area contributed by atoms with E-state index in [9.17, 15) is 13.2 Å². The molecule has 2 N–H and O–H groups in total. The molecule has 2 aliphatic heterocycles. The van der Waals surface area contributed by atoms with Gasteiger partial charge < -0.3 is 15.4 Å². The van der Waals surface area contributed by atoms with Crippen molar-refractivity contribution in [2.75, 3.05) is 18.4 Å². The maximum Gasteiger partial charge on any atom is 0.227 e. The lowest BCUT2D eigenvalue weighted by Gasteiger charge is -2.23. The van der Waals surface area contributed by atoms with Gasteiger partial charge in [-0.15, -0.1) is 0 Å². The molecule has 0 atom stereocenters. The van der Waals surface area contributed by atoms with Crippen molar-refractivity contribution in [1.29, 1.82) is 0 Å². The molecule has 2 aromatic heterocycles. The fourth-order valence-electron chi connectivity index (χ4n) is 4.66. The largest absolute Gasteiger partial charge is 0.482 e. The number of hydrogen-bond donors (Lipinski definition) is 2. The maximum atomic E-state index is 14.8. The summed E-state index contributed by atoms with van der Waals surface area (Å²) < 4.78 is 51.6. The molecule has 0 bridgehead atoms. The first-order valence-electron chi connectivity index (χ1n) is 11.3. The van der Waals surface area contributed by atoms with Gasteiger partial charge in [0.05, 0.1) is 30.1 Å². The summed E-state index contributed by atoms with van der Waals surface area (Å²) in [4.78, 5) is 12.3. The summed E-state index contributed by atoms with van der Waals surface area (Å²) in [5, 5.41) is 6.20. The van der Waals surface area contributed by atoms with Gasteiger partial charge in [-0.2, -0.15) is 0 Å². The van der Waals surface area contributed by atoms with Crippen LogP contribution in [0.3, 0.4) is 0 Å². The Morgan fingerprint density at radius 1 is 1.00 bits per heavy atom. The number of benzene rings is 2. The molecule has 0 spiro atoms. The van der Waals surface area contributed by atoms with Crippen LogP contribution in [0.25, 0.3) is 16.9 Å². The lowest BCUT2D eigenvalue weighted by atomic mass is 9.90. The van der Waals surface area contributed by atoms with E-state index in [1.165, 1.54) is 12.1 Å². The fourth-order valence-corrected chi connectivity index (χ4v) is 4.66. The molecule has 0 unspecified atom stereocenters. The summed E-state index contributed by atoms with van der Waals surface area (Å²) in [7, 11) is 0. The molecule has 0 saturated carbocycles. The highest BCUT2D eigenvalue weighted by Gasteiger charge is 2.24. The van der Waals surface area contributed by atoms with Crippen LogP contribution in [0.2, 0.25) is 0 Å². The van der Waals surface area contributed by atoms with Crippen molar-refractivity contribution in [2.45, 2.75) is 25.4 Å². The molecule has 2 aromatic carbocycles. The van der Waals surface area contributed by atoms with Crippen LogP contribution in [0.4, 0.5) is 24.8 Å². The zero-order valence-electron chi connectivity index (χ0n) is 18.6. The van der Waals surface area contributed by atoms with E-state index in [4.69, 9.17) is 4.74 Å². The molecule has 10 heteroatoms. The number of hydrogen-bond acceptors (Lipinski definition) is 6.